The highest BCUT2D eigenvalue weighted by Crippen LogP contribution is 2.16. The number of benzene rings is 1. The predicted octanol–water partition coefficient (Wildman–Crippen LogP) is 3.88. The van der Waals surface area contributed by atoms with Gasteiger partial charge in [0.05, 0.1) is 0 Å². The molecule has 2 rings (SSSR count). The van der Waals surface area contributed by atoms with Crippen LogP contribution in [0, 0.1) is 0 Å². The van der Waals surface area contributed by atoms with Gasteiger partial charge in [-0.15, -0.1) is 11.3 Å². The SMILES string of the molecule is CCc1ccccc1NC(=O)CCc1cccs1. The van der Waals surface area contributed by atoms with Crippen LogP contribution in [-0.4, -0.2) is 5.91 Å². The molecule has 0 spiro atoms. The lowest BCUT2D eigenvalue weighted by Gasteiger charge is -2.09. The molecule has 0 fully saturated rings. The van der Waals surface area contributed by atoms with Gasteiger partial charge in [-0.2, -0.15) is 0 Å². The van der Waals surface area contributed by atoms with E-state index in [4.69, 9.17) is 0 Å². The minimum Gasteiger partial charge on any atom is -0.326 e. The number of rotatable bonds is 5. The highest BCUT2D eigenvalue weighted by atomic mass is 32.1. The molecule has 0 aliphatic heterocycles. The monoisotopic (exact) mass is 259 g/mol. The summed E-state index contributed by atoms with van der Waals surface area (Å²) in [5.41, 5.74) is 2.12. The summed E-state index contributed by atoms with van der Waals surface area (Å²) in [6, 6.07) is 12.0. The number of nitrogens with one attached hydrogen (secondary N) is 1. The van der Waals surface area contributed by atoms with E-state index in [-0.39, 0.29) is 5.91 Å². The van der Waals surface area contributed by atoms with Crippen LogP contribution in [-0.2, 0) is 17.6 Å². The van der Waals surface area contributed by atoms with E-state index in [0.29, 0.717) is 6.42 Å². The topological polar surface area (TPSA) is 29.1 Å². The minimum atomic E-state index is 0.0873. The van der Waals surface area contributed by atoms with Crippen LogP contribution < -0.4 is 5.32 Å². The smallest absolute Gasteiger partial charge is 0.224 e. The first-order valence-corrected chi connectivity index (χ1v) is 7.07. The molecule has 94 valence electrons. The molecule has 0 bridgehead atoms. The maximum atomic E-state index is 11.9. The molecule has 2 aromatic rings. The van der Waals surface area contributed by atoms with Crippen molar-refractivity contribution in [2.75, 3.05) is 5.32 Å². The third kappa shape index (κ3) is 3.44. The molecule has 1 heterocycles. The van der Waals surface area contributed by atoms with E-state index < -0.39 is 0 Å². The molecular weight excluding hydrogens is 242 g/mol. The summed E-state index contributed by atoms with van der Waals surface area (Å²) in [4.78, 5) is 13.1. The largest absolute Gasteiger partial charge is 0.326 e. The van der Waals surface area contributed by atoms with Crippen molar-refractivity contribution in [1.82, 2.24) is 0 Å². The number of thiophene rings is 1. The number of aryl methyl sites for hydroxylation is 2. The van der Waals surface area contributed by atoms with Gasteiger partial charge in [0.15, 0.2) is 0 Å². The number of carbonyl (C=O) groups excluding carboxylic acids is 1. The van der Waals surface area contributed by atoms with Gasteiger partial charge in [-0.3, -0.25) is 4.79 Å². The maximum absolute atomic E-state index is 11.9. The zero-order chi connectivity index (χ0) is 12.8. The van der Waals surface area contributed by atoms with E-state index in [0.717, 1.165) is 18.5 Å². The highest BCUT2D eigenvalue weighted by Gasteiger charge is 2.06. The molecule has 0 unspecified atom stereocenters. The Bertz CT molecular complexity index is 505. The first-order valence-electron chi connectivity index (χ1n) is 6.19. The second kappa shape index (κ2) is 6.36. The van der Waals surface area contributed by atoms with Crippen LogP contribution in [0.5, 0.6) is 0 Å². The van der Waals surface area contributed by atoms with E-state index in [1.165, 1.54) is 10.4 Å². The summed E-state index contributed by atoms with van der Waals surface area (Å²) in [5, 5.41) is 5.03. The molecule has 18 heavy (non-hydrogen) atoms. The summed E-state index contributed by atoms with van der Waals surface area (Å²) in [6.07, 6.45) is 2.29. The number of hydrogen-bond donors (Lipinski definition) is 1. The van der Waals surface area contributed by atoms with Gasteiger partial charge >= 0.3 is 0 Å². The molecule has 1 amide bonds. The predicted molar refractivity (Wildman–Crippen MR) is 77.1 cm³/mol. The Morgan fingerprint density at radius 1 is 1.22 bits per heavy atom. The molecule has 2 nitrogen and oxygen atoms in total. The van der Waals surface area contributed by atoms with E-state index in [2.05, 4.69) is 24.4 Å². The zero-order valence-corrected chi connectivity index (χ0v) is 11.3. The summed E-state index contributed by atoms with van der Waals surface area (Å²) in [7, 11) is 0. The molecule has 0 atom stereocenters. The average Bonchev–Trinajstić information content (AvgIpc) is 2.90. The summed E-state index contributed by atoms with van der Waals surface area (Å²) >= 11 is 1.70. The number of hydrogen-bond acceptors (Lipinski definition) is 2. The van der Waals surface area contributed by atoms with Crippen molar-refractivity contribution in [3.8, 4) is 0 Å². The number of para-hydroxylation sites is 1. The number of amides is 1. The number of anilines is 1. The Balaban J connectivity index is 1.90. The van der Waals surface area contributed by atoms with Crippen molar-refractivity contribution >= 4 is 22.9 Å². The Hall–Kier alpha value is -1.61. The van der Waals surface area contributed by atoms with Crippen molar-refractivity contribution in [1.29, 1.82) is 0 Å². The van der Waals surface area contributed by atoms with Gasteiger partial charge in [0.1, 0.15) is 0 Å². The van der Waals surface area contributed by atoms with Gasteiger partial charge in [0.2, 0.25) is 5.91 Å². The van der Waals surface area contributed by atoms with Gasteiger partial charge in [0, 0.05) is 17.0 Å². The standard InChI is InChI=1S/C15H17NOS/c1-2-12-6-3-4-8-14(12)16-15(17)10-9-13-7-5-11-18-13/h3-8,11H,2,9-10H2,1H3,(H,16,17). The summed E-state index contributed by atoms with van der Waals surface area (Å²) in [6.45, 7) is 2.09. The molecule has 3 heteroatoms. The van der Waals surface area contributed by atoms with Gasteiger partial charge in [-0.05, 0) is 35.9 Å². The minimum absolute atomic E-state index is 0.0873. The fourth-order valence-electron chi connectivity index (χ4n) is 1.85. The Morgan fingerprint density at radius 2 is 2.06 bits per heavy atom. The van der Waals surface area contributed by atoms with Crippen molar-refractivity contribution in [3.05, 3.63) is 52.2 Å². The third-order valence-electron chi connectivity index (χ3n) is 2.85. The van der Waals surface area contributed by atoms with Gasteiger partial charge in [-0.25, -0.2) is 0 Å². The second-order valence-corrected chi connectivity index (χ2v) is 5.17. The van der Waals surface area contributed by atoms with Crippen LogP contribution in [0.1, 0.15) is 23.8 Å². The number of carbonyl (C=O) groups is 1. The average molecular weight is 259 g/mol. The fraction of sp³-hybridized carbons (Fsp3) is 0.267. The van der Waals surface area contributed by atoms with Gasteiger partial charge < -0.3 is 5.32 Å². The molecule has 0 radical (unpaired) electrons. The molecule has 0 aliphatic carbocycles. The molecule has 1 aromatic heterocycles. The van der Waals surface area contributed by atoms with Crippen LogP contribution in [0.25, 0.3) is 0 Å². The van der Waals surface area contributed by atoms with Crippen LogP contribution in [0.15, 0.2) is 41.8 Å². The molecular formula is C15H17NOS. The highest BCUT2D eigenvalue weighted by molar-refractivity contribution is 7.09. The summed E-state index contributed by atoms with van der Waals surface area (Å²) < 4.78 is 0. The first kappa shape index (κ1) is 12.8. The van der Waals surface area contributed by atoms with E-state index in [9.17, 15) is 4.79 Å². The molecule has 1 aromatic carbocycles. The molecule has 0 saturated carbocycles. The van der Waals surface area contributed by atoms with Crippen LogP contribution in [0.2, 0.25) is 0 Å². The lowest BCUT2D eigenvalue weighted by molar-refractivity contribution is -0.116. The molecule has 1 N–H and O–H groups in total. The molecule has 0 aliphatic rings. The van der Waals surface area contributed by atoms with Crippen molar-refractivity contribution in [3.63, 3.8) is 0 Å². The van der Waals surface area contributed by atoms with Gasteiger partial charge in [-0.1, -0.05) is 31.2 Å². The normalized spacial score (nSPS) is 10.3. The van der Waals surface area contributed by atoms with Crippen LogP contribution >= 0.6 is 11.3 Å². The van der Waals surface area contributed by atoms with Crippen LogP contribution in [0.4, 0.5) is 5.69 Å². The van der Waals surface area contributed by atoms with E-state index >= 15 is 0 Å². The lowest BCUT2D eigenvalue weighted by Crippen LogP contribution is -2.13. The lowest BCUT2D eigenvalue weighted by atomic mass is 10.1. The Labute approximate surface area is 112 Å². The molecule has 0 saturated heterocycles. The fourth-order valence-corrected chi connectivity index (χ4v) is 2.56. The first-order chi connectivity index (χ1) is 8.79. The zero-order valence-electron chi connectivity index (χ0n) is 10.5. The van der Waals surface area contributed by atoms with Crippen molar-refractivity contribution < 1.29 is 4.79 Å². The maximum Gasteiger partial charge on any atom is 0.224 e. The van der Waals surface area contributed by atoms with Gasteiger partial charge in [0.25, 0.3) is 0 Å². The van der Waals surface area contributed by atoms with Crippen LogP contribution in [0.3, 0.4) is 0 Å². The Morgan fingerprint density at radius 3 is 2.78 bits per heavy atom. The van der Waals surface area contributed by atoms with Crippen molar-refractivity contribution in [2.45, 2.75) is 26.2 Å². The summed E-state index contributed by atoms with van der Waals surface area (Å²) in [5.74, 6) is 0.0873. The Kier molecular flexibility index (Phi) is 4.53. The third-order valence-corrected chi connectivity index (χ3v) is 3.79. The second-order valence-electron chi connectivity index (χ2n) is 4.14. The van der Waals surface area contributed by atoms with Crippen molar-refractivity contribution in [2.24, 2.45) is 0 Å². The quantitative estimate of drug-likeness (QED) is 0.867. The van der Waals surface area contributed by atoms with E-state index in [1.54, 1.807) is 11.3 Å². The van der Waals surface area contributed by atoms with E-state index in [1.807, 2.05) is 29.6 Å².